The van der Waals surface area contributed by atoms with Crippen molar-refractivity contribution in [2.24, 2.45) is 0 Å². The molecule has 0 fully saturated rings. The lowest BCUT2D eigenvalue weighted by Gasteiger charge is -2.20. The Balaban J connectivity index is 0.000000240. The first-order chi connectivity index (χ1) is 11.5. The number of nitrogens with two attached hydrogens (primary N) is 2. The summed E-state index contributed by atoms with van der Waals surface area (Å²) in [6.45, 7) is 12.8. The Morgan fingerprint density at radius 1 is 0.542 bits per heavy atom. The van der Waals surface area contributed by atoms with Gasteiger partial charge in [0.1, 0.15) is 0 Å². The number of nitrogen functional groups attached to an aromatic ring is 2. The maximum atomic E-state index is 5.59. The summed E-state index contributed by atoms with van der Waals surface area (Å²) in [7, 11) is 0. The molecule has 0 saturated heterocycles. The molecule has 0 atom stereocenters. The molecule has 0 spiro atoms. The molecule has 0 aliphatic heterocycles. The van der Waals surface area contributed by atoms with Gasteiger partial charge in [-0.05, 0) is 76.2 Å². The lowest BCUT2D eigenvalue weighted by Crippen LogP contribution is -2.21. The molecule has 132 valence electrons. The Kier molecular flexibility index (Phi) is 8.55. The van der Waals surface area contributed by atoms with E-state index in [0.717, 1.165) is 37.6 Å². The summed E-state index contributed by atoms with van der Waals surface area (Å²) in [5.41, 5.74) is 15.3. The summed E-state index contributed by atoms with van der Waals surface area (Å²) in [6, 6.07) is 16.0. The average Bonchev–Trinajstić information content (AvgIpc) is 2.61. The summed E-state index contributed by atoms with van der Waals surface area (Å²) >= 11 is 0. The molecule has 0 amide bonds. The van der Waals surface area contributed by atoms with Crippen LogP contribution in [0.4, 0.5) is 22.7 Å². The molecule has 0 saturated carbocycles. The number of anilines is 4. The van der Waals surface area contributed by atoms with E-state index in [4.69, 9.17) is 11.5 Å². The zero-order valence-corrected chi connectivity index (χ0v) is 15.5. The predicted octanol–water partition coefficient (Wildman–Crippen LogP) is 4.23. The molecule has 0 aliphatic carbocycles. The van der Waals surface area contributed by atoms with Crippen molar-refractivity contribution < 1.29 is 0 Å². The Bertz CT molecular complexity index is 502. The first-order valence-corrected chi connectivity index (χ1v) is 8.76. The largest absolute Gasteiger partial charge is 0.399 e. The van der Waals surface area contributed by atoms with E-state index in [2.05, 4.69) is 61.8 Å². The van der Waals surface area contributed by atoms with Gasteiger partial charge in [-0.25, -0.2) is 0 Å². The van der Waals surface area contributed by atoms with E-state index in [1.807, 2.05) is 24.3 Å². The summed E-state index contributed by atoms with van der Waals surface area (Å²) < 4.78 is 0. The zero-order chi connectivity index (χ0) is 17.9. The lowest BCUT2D eigenvalue weighted by molar-refractivity contribution is 0.866. The number of hydrogen-bond donors (Lipinski definition) is 2. The van der Waals surface area contributed by atoms with Gasteiger partial charge >= 0.3 is 0 Å². The molecular weight excluding hydrogens is 296 g/mol. The van der Waals surface area contributed by atoms with Crippen molar-refractivity contribution in [2.45, 2.75) is 27.7 Å². The van der Waals surface area contributed by atoms with Crippen molar-refractivity contribution in [2.75, 3.05) is 47.4 Å². The van der Waals surface area contributed by atoms with E-state index >= 15 is 0 Å². The Morgan fingerprint density at radius 3 is 1.00 bits per heavy atom. The summed E-state index contributed by atoms with van der Waals surface area (Å²) in [5, 5.41) is 0. The normalized spacial score (nSPS) is 9.83. The highest BCUT2D eigenvalue weighted by Crippen LogP contribution is 2.16. The van der Waals surface area contributed by atoms with Gasteiger partial charge in [0.15, 0.2) is 0 Å². The number of nitrogens with zero attached hydrogens (tertiary/aromatic N) is 2. The van der Waals surface area contributed by atoms with E-state index in [-0.39, 0.29) is 0 Å². The third-order valence-electron chi connectivity index (χ3n) is 4.04. The lowest BCUT2D eigenvalue weighted by atomic mass is 10.2. The van der Waals surface area contributed by atoms with Crippen LogP contribution in [0.1, 0.15) is 27.7 Å². The molecule has 4 N–H and O–H groups in total. The highest BCUT2D eigenvalue weighted by molar-refractivity contribution is 5.53. The van der Waals surface area contributed by atoms with Crippen LogP contribution in [0.25, 0.3) is 0 Å². The van der Waals surface area contributed by atoms with Crippen molar-refractivity contribution >= 4 is 22.7 Å². The van der Waals surface area contributed by atoms with Crippen LogP contribution in [0.15, 0.2) is 48.5 Å². The van der Waals surface area contributed by atoms with Gasteiger partial charge in [-0.3, -0.25) is 0 Å². The minimum atomic E-state index is 0.825. The fourth-order valence-corrected chi connectivity index (χ4v) is 2.55. The molecular formula is C20H32N4. The summed E-state index contributed by atoms with van der Waals surface area (Å²) in [5.74, 6) is 0. The monoisotopic (exact) mass is 328 g/mol. The maximum Gasteiger partial charge on any atom is 0.0367 e. The molecule has 24 heavy (non-hydrogen) atoms. The zero-order valence-electron chi connectivity index (χ0n) is 15.5. The minimum absolute atomic E-state index is 0.825. The van der Waals surface area contributed by atoms with E-state index in [1.165, 1.54) is 11.4 Å². The van der Waals surface area contributed by atoms with Crippen LogP contribution in [0.3, 0.4) is 0 Å². The predicted molar refractivity (Wildman–Crippen MR) is 109 cm³/mol. The van der Waals surface area contributed by atoms with Gasteiger partial charge in [-0.15, -0.1) is 0 Å². The van der Waals surface area contributed by atoms with E-state index in [0.29, 0.717) is 0 Å². The van der Waals surface area contributed by atoms with Gasteiger partial charge in [0.2, 0.25) is 0 Å². The third kappa shape index (κ3) is 6.03. The van der Waals surface area contributed by atoms with Crippen LogP contribution >= 0.6 is 0 Å². The average molecular weight is 329 g/mol. The van der Waals surface area contributed by atoms with Gasteiger partial charge in [-0.1, -0.05) is 0 Å². The molecule has 4 nitrogen and oxygen atoms in total. The molecule has 0 radical (unpaired) electrons. The van der Waals surface area contributed by atoms with E-state index < -0.39 is 0 Å². The van der Waals surface area contributed by atoms with Gasteiger partial charge in [0.05, 0.1) is 0 Å². The molecule has 0 heterocycles. The number of hydrogen-bond acceptors (Lipinski definition) is 4. The second-order valence-electron chi connectivity index (χ2n) is 5.53. The quantitative estimate of drug-likeness (QED) is 0.779. The summed E-state index contributed by atoms with van der Waals surface area (Å²) in [4.78, 5) is 4.58. The van der Waals surface area contributed by atoms with Gasteiger partial charge in [0, 0.05) is 48.9 Å². The van der Waals surface area contributed by atoms with Crippen LogP contribution in [-0.2, 0) is 0 Å². The van der Waals surface area contributed by atoms with Crippen molar-refractivity contribution in [3.05, 3.63) is 48.5 Å². The number of rotatable bonds is 6. The van der Waals surface area contributed by atoms with Crippen molar-refractivity contribution in [1.29, 1.82) is 0 Å². The second-order valence-corrected chi connectivity index (χ2v) is 5.53. The molecule has 4 heteroatoms. The molecule has 2 aromatic rings. The fraction of sp³-hybridized carbons (Fsp3) is 0.400. The summed E-state index contributed by atoms with van der Waals surface area (Å²) in [6.07, 6.45) is 0. The van der Waals surface area contributed by atoms with Crippen LogP contribution in [0, 0.1) is 0 Å². The first kappa shape index (κ1) is 19.7. The maximum absolute atomic E-state index is 5.59. The second kappa shape index (κ2) is 10.4. The van der Waals surface area contributed by atoms with Crippen LogP contribution in [0.2, 0.25) is 0 Å². The van der Waals surface area contributed by atoms with E-state index in [1.54, 1.807) is 0 Å². The fourth-order valence-electron chi connectivity index (χ4n) is 2.55. The highest BCUT2D eigenvalue weighted by Gasteiger charge is 2.00. The van der Waals surface area contributed by atoms with Crippen LogP contribution in [-0.4, -0.2) is 26.2 Å². The van der Waals surface area contributed by atoms with Gasteiger partial charge in [-0.2, -0.15) is 0 Å². The molecule has 0 aliphatic rings. The molecule has 0 bridgehead atoms. The SMILES string of the molecule is CCN(CC)c1ccc(N)cc1.CCN(CC)c1ccc(N)cc1. The highest BCUT2D eigenvalue weighted by atomic mass is 15.1. The Hall–Kier alpha value is -2.36. The first-order valence-electron chi connectivity index (χ1n) is 8.76. The van der Waals surface area contributed by atoms with Crippen LogP contribution in [0.5, 0.6) is 0 Å². The van der Waals surface area contributed by atoms with Crippen molar-refractivity contribution in [3.63, 3.8) is 0 Å². The topological polar surface area (TPSA) is 58.5 Å². The number of benzene rings is 2. The molecule has 2 aromatic carbocycles. The molecule has 0 aromatic heterocycles. The standard InChI is InChI=1S/2C10H16N2/c2*1-3-12(4-2)10-7-5-9(11)6-8-10/h2*5-8H,3-4,11H2,1-2H3. The smallest absolute Gasteiger partial charge is 0.0367 e. The Labute approximate surface area is 147 Å². The van der Waals surface area contributed by atoms with Crippen LogP contribution < -0.4 is 21.3 Å². The molecule has 0 unspecified atom stereocenters. The van der Waals surface area contributed by atoms with Crippen molar-refractivity contribution in [3.8, 4) is 0 Å². The van der Waals surface area contributed by atoms with Gasteiger partial charge in [0.25, 0.3) is 0 Å². The minimum Gasteiger partial charge on any atom is -0.399 e. The Morgan fingerprint density at radius 2 is 0.792 bits per heavy atom. The van der Waals surface area contributed by atoms with E-state index in [9.17, 15) is 0 Å². The molecule has 2 rings (SSSR count). The third-order valence-corrected chi connectivity index (χ3v) is 4.04. The van der Waals surface area contributed by atoms with Gasteiger partial charge < -0.3 is 21.3 Å². The van der Waals surface area contributed by atoms with Crippen molar-refractivity contribution in [1.82, 2.24) is 0 Å².